The van der Waals surface area contributed by atoms with Crippen LogP contribution < -0.4 is 16.0 Å². The summed E-state index contributed by atoms with van der Waals surface area (Å²) in [6.07, 6.45) is 3.15. The van der Waals surface area contributed by atoms with Crippen molar-refractivity contribution < 1.29 is 14.3 Å². The van der Waals surface area contributed by atoms with Crippen LogP contribution in [0.1, 0.15) is 41.1 Å². The van der Waals surface area contributed by atoms with Crippen LogP contribution in [0.4, 0.5) is 5.82 Å². The number of aryl methyl sites for hydroxylation is 1. The number of anilines is 1. The molecule has 4 rings (SSSR count). The van der Waals surface area contributed by atoms with Crippen molar-refractivity contribution in [2.45, 2.75) is 31.2 Å². The first-order chi connectivity index (χ1) is 17.5. The van der Waals surface area contributed by atoms with Gasteiger partial charge in [0.05, 0.1) is 12.2 Å². The van der Waals surface area contributed by atoms with Crippen LogP contribution in [0.5, 0.6) is 0 Å². The number of carbonyl (C=O) groups excluding carboxylic acids is 2. The number of hydrogen-bond acceptors (Lipinski definition) is 5. The van der Waals surface area contributed by atoms with Crippen LogP contribution in [-0.4, -0.2) is 54.9 Å². The molecule has 2 amide bonds. The molecule has 2 aromatic carbocycles. The van der Waals surface area contributed by atoms with E-state index in [9.17, 15) is 9.59 Å². The fourth-order valence-corrected chi connectivity index (χ4v) is 5.03. The zero-order valence-corrected chi connectivity index (χ0v) is 21.2. The number of hydrogen-bond donors (Lipinski definition) is 3. The summed E-state index contributed by atoms with van der Waals surface area (Å²) in [5, 5.41) is 13.6. The van der Waals surface area contributed by atoms with Crippen LogP contribution in [0.25, 0.3) is 11.3 Å². The second-order valence-corrected chi connectivity index (χ2v) is 9.37. The smallest absolute Gasteiger partial charge is 0.251 e. The normalized spacial score (nSPS) is 19.2. The average Bonchev–Trinajstić information content (AvgIpc) is 3.49. The number of amides is 2. The molecule has 0 radical (unpaired) electrons. The minimum Gasteiger partial charge on any atom is -0.385 e. The Hall–Kier alpha value is -3.49. The van der Waals surface area contributed by atoms with E-state index in [1.54, 1.807) is 38.0 Å². The van der Waals surface area contributed by atoms with Gasteiger partial charge in [-0.15, -0.1) is 0 Å². The van der Waals surface area contributed by atoms with Gasteiger partial charge in [0.2, 0.25) is 5.91 Å². The van der Waals surface area contributed by atoms with E-state index in [4.69, 9.17) is 4.74 Å². The van der Waals surface area contributed by atoms with Gasteiger partial charge in [0.1, 0.15) is 5.82 Å². The first-order valence-electron chi connectivity index (χ1n) is 12.4. The van der Waals surface area contributed by atoms with Gasteiger partial charge in [-0.25, -0.2) is 0 Å². The Morgan fingerprint density at radius 1 is 1.08 bits per heavy atom. The third-order valence-corrected chi connectivity index (χ3v) is 6.96. The summed E-state index contributed by atoms with van der Waals surface area (Å²) < 4.78 is 6.96. The van der Waals surface area contributed by atoms with E-state index in [0.29, 0.717) is 23.2 Å². The van der Waals surface area contributed by atoms with Gasteiger partial charge >= 0.3 is 0 Å². The van der Waals surface area contributed by atoms with Gasteiger partial charge in [-0.1, -0.05) is 42.5 Å². The first kappa shape index (κ1) is 25.6. The average molecular weight is 490 g/mol. The summed E-state index contributed by atoms with van der Waals surface area (Å²) in [6.45, 7) is 0.989. The van der Waals surface area contributed by atoms with E-state index in [1.165, 1.54) is 5.56 Å². The van der Waals surface area contributed by atoms with E-state index in [-0.39, 0.29) is 24.4 Å². The lowest BCUT2D eigenvalue weighted by Crippen LogP contribution is -2.37. The molecule has 3 atom stereocenters. The number of nitrogens with one attached hydrogen (secondary N) is 3. The monoisotopic (exact) mass is 489 g/mol. The molecule has 0 spiro atoms. The molecule has 8 heteroatoms. The highest BCUT2D eigenvalue weighted by molar-refractivity contribution is 5.94. The third-order valence-electron chi connectivity index (χ3n) is 6.96. The molecular weight excluding hydrogens is 454 g/mol. The van der Waals surface area contributed by atoms with E-state index >= 15 is 0 Å². The maximum Gasteiger partial charge on any atom is 0.251 e. The third kappa shape index (κ3) is 6.19. The first-order valence-corrected chi connectivity index (χ1v) is 12.4. The molecule has 3 aromatic rings. The summed E-state index contributed by atoms with van der Waals surface area (Å²) in [7, 11) is 5.15. The summed E-state index contributed by atoms with van der Waals surface area (Å²) in [6, 6.07) is 19.8. The molecule has 0 aliphatic heterocycles. The zero-order chi connectivity index (χ0) is 25.5. The van der Waals surface area contributed by atoms with Crippen molar-refractivity contribution >= 4 is 17.6 Å². The number of rotatable bonds is 10. The quantitative estimate of drug-likeness (QED) is 0.405. The molecule has 0 saturated heterocycles. The van der Waals surface area contributed by atoms with Crippen molar-refractivity contribution in [3.8, 4) is 11.3 Å². The maximum absolute atomic E-state index is 12.8. The lowest BCUT2D eigenvalue weighted by atomic mass is 9.93. The maximum atomic E-state index is 12.8. The minimum absolute atomic E-state index is 0.105. The summed E-state index contributed by atoms with van der Waals surface area (Å²) >= 11 is 0. The Labute approximate surface area is 212 Å². The van der Waals surface area contributed by atoms with Gasteiger partial charge in [-0.2, -0.15) is 5.10 Å². The Morgan fingerprint density at radius 2 is 1.83 bits per heavy atom. The molecular formula is C28H35N5O3. The largest absolute Gasteiger partial charge is 0.385 e. The second kappa shape index (κ2) is 12.0. The standard InChI is InChI=1S/C28H35N5O3/c1-29-28(35)22-11-9-21(10-12-22)24-17-26(33(2)32-24)31-27(34)18-30-25-16-19(13-14-36-3)15-23(25)20-7-5-4-6-8-20/h4-12,17,19,23,25,30H,13-16,18H2,1-3H3,(H,29,35)(H,31,34)/t19?,23-,25+/m0/s1. The number of nitrogens with zero attached hydrogens (tertiary/aromatic N) is 2. The zero-order valence-electron chi connectivity index (χ0n) is 21.2. The van der Waals surface area contributed by atoms with Crippen molar-refractivity contribution in [3.05, 3.63) is 71.8 Å². The molecule has 1 fully saturated rings. The van der Waals surface area contributed by atoms with Gasteiger partial charge < -0.3 is 20.7 Å². The fourth-order valence-electron chi connectivity index (χ4n) is 5.03. The molecule has 1 unspecified atom stereocenters. The van der Waals surface area contributed by atoms with Crippen molar-refractivity contribution in [3.63, 3.8) is 0 Å². The molecule has 190 valence electrons. The molecule has 1 aliphatic carbocycles. The lowest BCUT2D eigenvalue weighted by molar-refractivity contribution is -0.115. The Bertz CT molecular complexity index is 1160. The van der Waals surface area contributed by atoms with Crippen molar-refractivity contribution in [2.75, 3.05) is 32.6 Å². The van der Waals surface area contributed by atoms with E-state index in [2.05, 4.69) is 45.3 Å². The van der Waals surface area contributed by atoms with Crippen LogP contribution in [0.3, 0.4) is 0 Å². The number of carbonyl (C=O) groups is 2. The molecule has 36 heavy (non-hydrogen) atoms. The number of methoxy groups -OCH3 is 1. The highest BCUT2D eigenvalue weighted by Gasteiger charge is 2.34. The summed E-state index contributed by atoms with van der Waals surface area (Å²) in [5.41, 5.74) is 3.50. The molecule has 3 N–H and O–H groups in total. The van der Waals surface area contributed by atoms with Crippen molar-refractivity contribution in [1.29, 1.82) is 0 Å². The molecule has 0 bridgehead atoms. The predicted octanol–water partition coefficient (Wildman–Crippen LogP) is 3.57. The Kier molecular flexibility index (Phi) is 8.51. The highest BCUT2D eigenvalue weighted by Crippen LogP contribution is 2.40. The molecule has 1 aliphatic rings. The Balaban J connectivity index is 1.37. The van der Waals surface area contributed by atoms with Gasteiger partial charge in [-0.3, -0.25) is 14.3 Å². The Morgan fingerprint density at radius 3 is 2.53 bits per heavy atom. The van der Waals surface area contributed by atoms with Crippen molar-refractivity contribution in [1.82, 2.24) is 20.4 Å². The van der Waals surface area contributed by atoms with Crippen LogP contribution in [-0.2, 0) is 16.6 Å². The molecule has 1 aromatic heterocycles. The minimum atomic E-state index is -0.134. The van der Waals surface area contributed by atoms with Gasteiger partial charge in [0.25, 0.3) is 5.91 Å². The van der Waals surface area contributed by atoms with Crippen LogP contribution in [0.15, 0.2) is 60.7 Å². The molecule has 1 saturated carbocycles. The second-order valence-electron chi connectivity index (χ2n) is 9.37. The van der Waals surface area contributed by atoms with Crippen LogP contribution in [0, 0.1) is 5.92 Å². The lowest BCUT2D eigenvalue weighted by Gasteiger charge is -2.21. The van der Waals surface area contributed by atoms with E-state index in [1.807, 2.05) is 24.3 Å². The molecule has 1 heterocycles. The topological polar surface area (TPSA) is 97.3 Å². The predicted molar refractivity (Wildman–Crippen MR) is 141 cm³/mol. The van der Waals surface area contributed by atoms with Crippen molar-refractivity contribution in [2.24, 2.45) is 13.0 Å². The number of aromatic nitrogens is 2. The fraction of sp³-hybridized carbons (Fsp3) is 0.393. The van der Waals surface area contributed by atoms with Gasteiger partial charge in [0, 0.05) is 51.0 Å². The van der Waals surface area contributed by atoms with E-state index in [0.717, 1.165) is 37.1 Å². The highest BCUT2D eigenvalue weighted by atomic mass is 16.5. The summed E-state index contributed by atoms with van der Waals surface area (Å²) in [4.78, 5) is 24.6. The molecule has 8 nitrogen and oxygen atoms in total. The van der Waals surface area contributed by atoms with Crippen LogP contribution >= 0.6 is 0 Å². The number of benzene rings is 2. The summed E-state index contributed by atoms with van der Waals surface area (Å²) in [5.74, 6) is 1.33. The van der Waals surface area contributed by atoms with Crippen LogP contribution in [0.2, 0.25) is 0 Å². The SMILES string of the molecule is CNC(=O)c1ccc(-c2cc(NC(=O)CN[C@@H]3CC(CCOC)C[C@H]3c3ccccc3)n(C)n2)cc1. The van der Waals surface area contributed by atoms with Gasteiger partial charge in [-0.05, 0) is 48.8 Å². The van der Waals surface area contributed by atoms with Gasteiger partial charge in [0.15, 0.2) is 0 Å². The number of ether oxygens (including phenoxy) is 1. The van der Waals surface area contributed by atoms with E-state index < -0.39 is 0 Å².